The van der Waals surface area contributed by atoms with Crippen molar-refractivity contribution in [2.75, 3.05) is 92.6 Å². The number of rotatable bonds is 11. The number of nitrogens with one attached hydrogen (secondary N) is 1. The topological polar surface area (TPSA) is 203 Å². The van der Waals surface area contributed by atoms with E-state index in [9.17, 15) is 28.8 Å². The minimum absolute atomic E-state index is 0.0904. The number of amides is 2. The Hall–Kier alpha value is -4.20. The summed E-state index contributed by atoms with van der Waals surface area (Å²) in [5.74, 6) is -0.521. The summed E-state index contributed by atoms with van der Waals surface area (Å²) >= 11 is 11.3. The molecule has 70 heavy (non-hydrogen) atoms. The lowest BCUT2D eigenvalue weighted by molar-refractivity contribution is -0.164. The number of likely N-dealkylation sites (tertiary alicyclic amines) is 2. The summed E-state index contributed by atoms with van der Waals surface area (Å²) in [4.78, 5) is 77.2. The number of carbonyl (C=O) groups excluding carboxylic acids is 6. The second-order valence-corrected chi connectivity index (χ2v) is 21.4. The number of esters is 4. The Bertz CT molecular complexity index is 1960. The summed E-state index contributed by atoms with van der Waals surface area (Å²) in [7, 11) is 5.47. The summed E-state index contributed by atoms with van der Waals surface area (Å²) in [5, 5.41) is 12.2. The molecule has 5 atom stereocenters. The number of aliphatic hydroxyl groups is 1. The SMILES string of the molecule is C=C(CCl)CC1(C(=O)OC)CCN1.C=C(CCl)CC1(C(=O)OC)CCN1C(=O)OC(C)(C)C.C=C1CN2CCC2(C(=O)OC)C1.C=C1CN2CCC2(CO)C1.COC(=O)C1CCN1C(=O)OC(C)(C)C. The number of hydrogen-bond donors (Lipinski definition) is 2. The Balaban J connectivity index is 0.000000235. The first-order valence-corrected chi connectivity index (χ1v) is 24.7. The molecular formula is C50H79Cl2N5O13. The van der Waals surface area contributed by atoms with E-state index in [2.05, 4.69) is 46.2 Å². The van der Waals surface area contributed by atoms with Gasteiger partial charge in [0, 0.05) is 63.0 Å². The molecule has 0 aromatic rings. The Labute approximate surface area is 424 Å². The molecule has 2 N–H and O–H groups in total. The molecule has 0 aromatic heterocycles. The number of ether oxygens (including phenoxy) is 6. The van der Waals surface area contributed by atoms with Crippen LogP contribution in [0.1, 0.15) is 99.3 Å². The molecule has 0 bridgehead atoms. The smallest absolute Gasteiger partial charge is 0.411 e. The molecule has 7 heterocycles. The standard InChI is InChI=1S/C14H22ClNO4.C10H17NO4.C9H14ClNO2.C9H13NO2.C8H13NO/c1-10(9-15)8-14(11(17)19-5)6-7-16(14)12(18)20-13(2,3)4;1-10(2,3)15-9(13)11-6-5-7(11)8(12)14-4;1-7(6-10)5-9(3-4-11-9)8(12)13-2;1-7-5-9(8(11)12-2)3-4-10(9)6-7;1-7-4-8(6-10)2-3-9(8)5-7/h1,6-9H2,2-5H3;7H,5-6H2,1-4H3;11H,1,3-6H2,2H3;1,3-6H2,2H3;10H,1-6H2. The Kier molecular flexibility index (Phi) is 21.4. The fraction of sp³-hybridized carbons (Fsp3) is 0.720. The third kappa shape index (κ3) is 14.5. The van der Waals surface area contributed by atoms with Gasteiger partial charge in [0.05, 0.1) is 35.0 Å². The van der Waals surface area contributed by atoms with Gasteiger partial charge in [-0.2, -0.15) is 0 Å². The van der Waals surface area contributed by atoms with Crippen LogP contribution in [0, 0.1) is 0 Å². The lowest BCUT2D eigenvalue weighted by atomic mass is 9.79. The molecule has 7 aliphatic heterocycles. The number of hydrogen-bond acceptors (Lipinski definition) is 16. The lowest BCUT2D eigenvalue weighted by Crippen LogP contribution is -2.67. The quantitative estimate of drug-likeness (QED) is 0.107. The number of carbonyl (C=O) groups is 6. The van der Waals surface area contributed by atoms with Gasteiger partial charge in [0.25, 0.3) is 0 Å². The zero-order valence-electron chi connectivity index (χ0n) is 43.2. The van der Waals surface area contributed by atoms with E-state index in [0.29, 0.717) is 56.8 Å². The second kappa shape index (κ2) is 25.0. The molecule has 7 aliphatic rings. The maximum atomic E-state index is 12.2. The number of alkyl halides is 2. The third-order valence-electron chi connectivity index (χ3n) is 13.4. The van der Waals surface area contributed by atoms with E-state index in [1.807, 2.05) is 0 Å². The maximum absolute atomic E-state index is 12.2. The molecule has 0 radical (unpaired) electrons. The fourth-order valence-electron chi connectivity index (χ4n) is 9.26. The molecule has 7 rings (SSSR count). The first-order valence-electron chi connectivity index (χ1n) is 23.6. The average Bonchev–Trinajstić information content (AvgIpc) is 3.62. The van der Waals surface area contributed by atoms with Crippen molar-refractivity contribution in [3.05, 3.63) is 48.6 Å². The Morgan fingerprint density at radius 1 is 0.686 bits per heavy atom. The van der Waals surface area contributed by atoms with E-state index in [1.165, 1.54) is 43.8 Å². The highest BCUT2D eigenvalue weighted by atomic mass is 35.5. The van der Waals surface area contributed by atoms with Crippen LogP contribution in [0.3, 0.4) is 0 Å². The molecule has 396 valence electrons. The second-order valence-electron chi connectivity index (χ2n) is 20.9. The first kappa shape index (κ1) is 60.1. The van der Waals surface area contributed by atoms with Crippen molar-refractivity contribution in [1.82, 2.24) is 24.9 Å². The van der Waals surface area contributed by atoms with Crippen LogP contribution >= 0.6 is 23.2 Å². The van der Waals surface area contributed by atoms with Crippen molar-refractivity contribution in [2.45, 2.75) is 139 Å². The van der Waals surface area contributed by atoms with Crippen LogP contribution in [0.5, 0.6) is 0 Å². The van der Waals surface area contributed by atoms with Gasteiger partial charge in [-0.3, -0.25) is 29.2 Å². The first-order chi connectivity index (χ1) is 32.6. The van der Waals surface area contributed by atoms with Gasteiger partial charge in [-0.15, -0.1) is 23.2 Å². The Morgan fingerprint density at radius 2 is 1.21 bits per heavy atom. The van der Waals surface area contributed by atoms with Gasteiger partial charge >= 0.3 is 36.1 Å². The van der Waals surface area contributed by atoms with Crippen molar-refractivity contribution in [2.24, 2.45) is 0 Å². The van der Waals surface area contributed by atoms with E-state index < -0.39 is 46.5 Å². The zero-order chi connectivity index (χ0) is 53.0. The molecule has 0 aromatic carbocycles. The predicted octanol–water partition coefficient (Wildman–Crippen LogP) is 5.92. The zero-order valence-corrected chi connectivity index (χ0v) is 44.7. The normalized spacial score (nSPS) is 27.1. The summed E-state index contributed by atoms with van der Waals surface area (Å²) in [6, 6.07) is -0.468. The van der Waals surface area contributed by atoms with E-state index in [1.54, 1.807) is 41.5 Å². The van der Waals surface area contributed by atoms with Crippen LogP contribution in [-0.4, -0.2) is 193 Å². The number of methoxy groups -OCH3 is 4. The average molecular weight is 1030 g/mol. The molecule has 20 heteroatoms. The third-order valence-corrected chi connectivity index (χ3v) is 14.1. The van der Waals surface area contributed by atoms with Gasteiger partial charge in [-0.25, -0.2) is 19.2 Å². The number of nitrogens with zero attached hydrogens (tertiary/aromatic N) is 4. The molecule has 0 saturated carbocycles. The van der Waals surface area contributed by atoms with E-state index in [0.717, 1.165) is 76.0 Å². The van der Waals surface area contributed by atoms with E-state index >= 15 is 0 Å². The Morgan fingerprint density at radius 3 is 1.56 bits per heavy atom. The molecule has 5 unspecified atom stereocenters. The van der Waals surface area contributed by atoms with Gasteiger partial charge in [-0.1, -0.05) is 48.6 Å². The van der Waals surface area contributed by atoms with Crippen molar-refractivity contribution in [3.8, 4) is 0 Å². The van der Waals surface area contributed by atoms with Gasteiger partial charge in [-0.05, 0) is 99.5 Å². The van der Waals surface area contributed by atoms with Crippen LogP contribution in [0.4, 0.5) is 9.59 Å². The highest BCUT2D eigenvalue weighted by Crippen LogP contribution is 2.44. The minimum atomic E-state index is -1.02. The maximum Gasteiger partial charge on any atom is 0.411 e. The number of fused-ring (bicyclic) bond motifs is 2. The monoisotopic (exact) mass is 1030 g/mol. The summed E-state index contributed by atoms with van der Waals surface area (Å²) in [5.41, 5.74) is 1.09. The highest BCUT2D eigenvalue weighted by molar-refractivity contribution is 6.19. The minimum Gasteiger partial charge on any atom is -0.468 e. The van der Waals surface area contributed by atoms with Crippen molar-refractivity contribution >= 4 is 59.3 Å². The van der Waals surface area contributed by atoms with Crippen molar-refractivity contribution in [1.29, 1.82) is 0 Å². The molecule has 18 nitrogen and oxygen atoms in total. The number of halogens is 2. The van der Waals surface area contributed by atoms with Gasteiger partial charge in [0.1, 0.15) is 33.9 Å². The summed E-state index contributed by atoms with van der Waals surface area (Å²) in [6.07, 6.45) is 5.76. The van der Waals surface area contributed by atoms with Crippen LogP contribution in [-0.2, 0) is 47.6 Å². The van der Waals surface area contributed by atoms with Gasteiger partial charge in [0.2, 0.25) is 0 Å². The predicted molar refractivity (Wildman–Crippen MR) is 266 cm³/mol. The molecular weight excluding hydrogens is 949 g/mol. The van der Waals surface area contributed by atoms with Crippen LogP contribution in [0.25, 0.3) is 0 Å². The van der Waals surface area contributed by atoms with Crippen LogP contribution < -0.4 is 5.32 Å². The molecule has 7 fully saturated rings. The molecule has 0 aliphatic carbocycles. The fourth-order valence-corrected chi connectivity index (χ4v) is 9.45. The van der Waals surface area contributed by atoms with Crippen molar-refractivity contribution < 1.29 is 62.3 Å². The van der Waals surface area contributed by atoms with Crippen LogP contribution in [0.15, 0.2) is 48.6 Å². The van der Waals surface area contributed by atoms with Gasteiger partial charge < -0.3 is 38.8 Å². The summed E-state index contributed by atoms with van der Waals surface area (Å²) in [6.45, 7) is 32.4. The lowest BCUT2D eigenvalue weighted by Gasteiger charge is -2.50. The van der Waals surface area contributed by atoms with E-state index in [4.69, 9.17) is 52.0 Å². The molecule has 0 spiro atoms. The molecule has 7 saturated heterocycles. The van der Waals surface area contributed by atoms with Crippen molar-refractivity contribution in [3.63, 3.8) is 0 Å². The number of aliphatic hydroxyl groups excluding tert-OH is 1. The highest BCUT2D eigenvalue weighted by Gasteiger charge is 2.57. The van der Waals surface area contributed by atoms with Crippen LogP contribution in [0.2, 0.25) is 0 Å². The van der Waals surface area contributed by atoms with E-state index in [-0.39, 0.29) is 34.9 Å². The summed E-state index contributed by atoms with van der Waals surface area (Å²) < 4.78 is 29.4. The molecule has 2 amide bonds. The van der Waals surface area contributed by atoms with Gasteiger partial charge in [0.15, 0.2) is 0 Å². The largest absolute Gasteiger partial charge is 0.468 e.